The minimum Gasteiger partial charge on any atom is -0.414 e. The minimum atomic E-state index is -2.00. The van der Waals surface area contributed by atoms with E-state index in [9.17, 15) is 14.4 Å². The Morgan fingerprint density at radius 2 is 1.62 bits per heavy atom. The first-order valence-electron chi connectivity index (χ1n) is 8.29. The van der Waals surface area contributed by atoms with Gasteiger partial charge in [-0.25, -0.2) is 4.79 Å². The molecule has 0 spiro atoms. The van der Waals surface area contributed by atoms with Gasteiger partial charge >= 0.3 is 5.97 Å². The molecule has 24 heavy (non-hydrogen) atoms. The highest BCUT2D eigenvalue weighted by molar-refractivity contribution is 6.74. The molecule has 8 heteroatoms. The van der Waals surface area contributed by atoms with Crippen LogP contribution in [0.25, 0.3) is 0 Å². The summed E-state index contributed by atoms with van der Waals surface area (Å²) in [6.45, 7) is 14.3. The summed E-state index contributed by atoms with van der Waals surface area (Å²) in [5, 5.41) is 0.564. The van der Waals surface area contributed by atoms with Gasteiger partial charge in [-0.15, -0.1) is 5.06 Å². The van der Waals surface area contributed by atoms with Gasteiger partial charge in [0, 0.05) is 24.9 Å². The number of carbonyl (C=O) groups is 3. The monoisotopic (exact) mass is 358 g/mol. The predicted octanol–water partition coefficient (Wildman–Crippen LogP) is 1.97. The fourth-order valence-corrected chi connectivity index (χ4v) is 3.56. The molecule has 0 bridgehead atoms. The van der Waals surface area contributed by atoms with Gasteiger partial charge in [-0.3, -0.25) is 9.59 Å². The van der Waals surface area contributed by atoms with Crippen LogP contribution in [-0.2, 0) is 23.6 Å². The normalized spacial score (nSPS) is 20.1. The summed E-state index contributed by atoms with van der Waals surface area (Å²) in [7, 11) is -2.00. The van der Waals surface area contributed by atoms with Gasteiger partial charge in [0.15, 0.2) is 8.32 Å². The first-order chi connectivity index (χ1) is 10.8. The number of imide groups is 1. The first kappa shape index (κ1) is 20.8. The molecule has 2 N–H and O–H groups in total. The second-order valence-corrected chi connectivity index (χ2v) is 12.7. The molecule has 2 amide bonds. The fraction of sp³-hybridized carbons (Fsp3) is 0.812. The van der Waals surface area contributed by atoms with E-state index in [1.54, 1.807) is 6.92 Å². The number of rotatable bonds is 6. The van der Waals surface area contributed by atoms with Crippen LogP contribution < -0.4 is 5.73 Å². The van der Waals surface area contributed by atoms with Crippen molar-refractivity contribution in [2.45, 2.75) is 77.7 Å². The van der Waals surface area contributed by atoms with Crippen LogP contribution in [0.4, 0.5) is 0 Å². The van der Waals surface area contributed by atoms with E-state index in [0.29, 0.717) is 5.06 Å². The molecule has 7 nitrogen and oxygen atoms in total. The molecule has 0 radical (unpaired) electrons. The van der Waals surface area contributed by atoms with Gasteiger partial charge in [-0.2, -0.15) is 0 Å². The van der Waals surface area contributed by atoms with Crippen LogP contribution in [0.2, 0.25) is 18.1 Å². The molecule has 138 valence electrons. The Morgan fingerprint density at radius 1 is 1.17 bits per heavy atom. The quantitative estimate of drug-likeness (QED) is 0.576. The number of nitrogens with two attached hydrogens (primary N) is 1. The summed E-state index contributed by atoms with van der Waals surface area (Å²) in [4.78, 5) is 40.1. The van der Waals surface area contributed by atoms with Crippen molar-refractivity contribution in [3.63, 3.8) is 0 Å². The zero-order valence-corrected chi connectivity index (χ0v) is 16.7. The van der Waals surface area contributed by atoms with E-state index in [0.717, 1.165) is 0 Å². The number of amides is 2. The van der Waals surface area contributed by atoms with Crippen molar-refractivity contribution >= 4 is 26.1 Å². The Balaban J connectivity index is 2.69. The van der Waals surface area contributed by atoms with Crippen LogP contribution in [0.3, 0.4) is 0 Å². The van der Waals surface area contributed by atoms with Crippen molar-refractivity contribution in [2.75, 3.05) is 0 Å². The second-order valence-electron chi connectivity index (χ2n) is 7.96. The lowest BCUT2D eigenvalue weighted by molar-refractivity contribution is -0.199. The molecule has 1 saturated heterocycles. The average Bonchev–Trinajstić information content (AvgIpc) is 2.75. The standard InChI is InChI=1S/C16H30N2O5Si/c1-10(11(2)23-24(6,7)16(3,4)5)14(17)15(21)22-18-12(19)8-9-13(18)20/h10-11,14H,8-9,17H2,1-7H3/t10-,11+,14+/m0/s1. The number of nitrogens with zero attached hydrogens (tertiary/aromatic N) is 1. The molecule has 0 aromatic heterocycles. The molecule has 3 atom stereocenters. The Hall–Kier alpha value is -1.25. The molecular weight excluding hydrogens is 328 g/mol. The van der Waals surface area contributed by atoms with E-state index in [-0.39, 0.29) is 29.9 Å². The maximum absolute atomic E-state index is 12.2. The zero-order chi connectivity index (χ0) is 18.9. The van der Waals surface area contributed by atoms with Crippen molar-refractivity contribution in [3.05, 3.63) is 0 Å². The minimum absolute atomic E-state index is 0.0416. The largest absolute Gasteiger partial charge is 0.414 e. The summed E-state index contributed by atoms with van der Waals surface area (Å²) >= 11 is 0. The smallest absolute Gasteiger partial charge is 0.350 e. The molecule has 1 fully saturated rings. The number of hydrogen-bond acceptors (Lipinski definition) is 6. The van der Waals surface area contributed by atoms with E-state index < -0.39 is 32.1 Å². The van der Waals surface area contributed by atoms with Gasteiger partial charge in [0.1, 0.15) is 6.04 Å². The maximum atomic E-state index is 12.2. The van der Waals surface area contributed by atoms with E-state index in [1.807, 2.05) is 6.92 Å². The third-order valence-corrected chi connectivity index (χ3v) is 9.63. The SMILES string of the molecule is C[C@@H]([C@@H](C)O[Si](C)(C)C(C)(C)C)[C@@H](N)C(=O)ON1C(=O)CCC1=O. The van der Waals surface area contributed by atoms with E-state index in [4.69, 9.17) is 15.0 Å². The lowest BCUT2D eigenvalue weighted by Gasteiger charge is -2.40. The third kappa shape index (κ3) is 4.64. The molecule has 0 aromatic rings. The summed E-state index contributed by atoms with van der Waals surface area (Å²) in [6, 6.07) is -0.981. The van der Waals surface area contributed by atoms with Gasteiger partial charge in [0.25, 0.3) is 11.8 Å². The maximum Gasteiger partial charge on any atom is 0.350 e. The second kappa shape index (κ2) is 7.33. The lowest BCUT2D eigenvalue weighted by Crippen LogP contribution is -2.50. The van der Waals surface area contributed by atoms with Crippen LogP contribution in [0.5, 0.6) is 0 Å². The van der Waals surface area contributed by atoms with Crippen molar-refractivity contribution in [1.29, 1.82) is 0 Å². The van der Waals surface area contributed by atoms with Crippen LogP contribution in [-0.4, -0.2) is 43.3 Å². The number of hydroxylamine groups is 2. The Morgan fingerprint density at radius 3 is 2.04 bits per heavy atom. The van der Waals surface area contributed by atoms with E-state index in [1.165, 1.54) is 0 Å². The average molecular weight is 359 g/mol. The van der Waals surface area contributed by atoms with Gasteiger partial charge in [-0.05, 0) is 25.1 Å². The van der Waals surface area contributed by atoms with Crippen molar-refractivity contribution in [1.82, 2.24) is 5.06 Å². The highest BCUT2D eigenvalue weighted by Gasteiger charge is 2.41. The summed E-state index contributed by atoms with van der Waals surface area (Å²) in [6.07, 6.45) is -0.137. The highest BCUT2D eigenvalue weighted by atomic mass is 28.4. The van der Waals surface area contributed by atoms with E-state index >= 15 is 0 Å². The Labute approximate surface area is 144 Å². The summed E-state index contributed by atoms with van der Waals surface area (Å²) < 4.78 is 6.25. The predicted molar refractivity (Wildman–Crippen MR) is 92.1 cm³/mol. The Bertz CT molecular complexity index is 499. The number of carbonyl (C=O) groups excluding carboxylic acids is 3. The van der Waals surface area contributed by atoms with Crippen LogP contribution in [0.1, 0.15) is 47.5 Å². The summed E-state index contributed by atoms with van der Waals surface area (Å²) in [5.41, 5.74) is 5.97. The van der Waals surface area contributed by atoms with Crippen LogP contribution in [0, 0.1) is 5.92 Å². The van der Waals surface area contributed by atoms with Crippen LogP contribution >= 0.6 is 0 Å². The van der Waals surface area contributed by atoms with Crippen molar-refractivity contribution in [3.8, 4) is 0 Å². The topological polar surface area (TPSA) is 98.9 Å². The lowest BCUT2D eigenvalue weighted by atomic mass is 9.98. The van der Waals surface area contributed by atoms with Crippen molar-refractivity contribution < 1.29 is 23.6 Å². The molecule has 1 rings (SSSR count). The Kier molecular flexibility index (Phi) is 6.35. The van der Waals surface area contributed by atoms with Gasteiger partial charge in [0.05, 0.1) is 0 Å². The van der Waals surface area contributed by atoms with Crippen molar-refractivity contribution in [2.24, 2.45) is 11.7 Å². The highest BCUT2D eigenvalue weighted by Crippen LogP contribution is 2.38. The molecule has 0 aromatic carbocycles. The zero-order valence-electron chi connectivity index (χ0n) is 15.7. The first-order valence-corrected chi connectivity index (χ1v) is 11.2. The molecule has 0 unspecified atom stereocenters. The summed E-state index contributed by atoms with van der Waals surface area (Å²) in [5.74, 6) is -2.14. The fourth-order valence-electron chi connectivity index (χ4n) is 2.06. The van der Waals surface area contributed by atoms with E-state index in [2.05, 4.69) is 33.9 Å². The molecule has 1 aliphatic heterocycles. The third-order valence-electron chi connectivity index (χ3n) is 5.05. The van der Waals surface area contributed by atoms with Crippen LogP contribution in [0.15, 0.2) is 0 Å². The van der Waals surface area contributed by atoms with Gasteiger partial charge < -0.3 is 15.0 Å². The molecule has 1 aliphatic rings. The molecule has 0 aliphatic carbocycles. The molecule has 0 saturated carbocycles. The molecular formula is C16H30N2O5Si. The molecule has 1 heterocycles. The van der Waals surface area contributed by atoms with Gasteiger partial charge in [-0.1, -0.05) is 27.7 Å². The number of hydrogen-bond donors (Lipinski definition) is 1. The van der Waals surface area contributed by atoms with Gasteiger partial charge in [0.2, 0.25) is 0 Å².